The topological polar surface area (TPSA) is 68.2 Å². The predicted octanol–water partition coefficient (Wildman–Crippen LogP) is 5.27. The fourth-order valence-electron chi connectivity index (χ4n) is 4.23. The normalized spacial score (nSPS) is 18.0. The van der Waals surface area contributed by atoms with Gasteiger partial charge in [-0.25, -0.2) is 0 Å². The third-order valence-corrected chi connectivity index (χ3v) is 6.14. The van der Waals surface area contributed by atoms with Gasteiger partial charge in [0.05, 0.1) is 43.9 Å². The van der Waals surface area contributed by atoms with Gasteiger partial charge in [-0.15, -0.1) is 0 Å². The van der Waals surface area contributed by atoms with Gasteiger partial charge in [-0.1, -0.05) is 17.7 Å². The van der Waals surface area contributed by atoms with E-state index < -0.39 is 34.7 Å². The van der Waals surface area contributed by atoms with E-state index in [4.69, 9.17) is 25.8 Å². The average molecular weight is 488 g/mol. The molecule has 0 radical (unpaired) electrons. The number of ether oxygens (including phenoxy) is 3. The van der Waals surface area contributed by atoms with Crippen LogP contribution in [0.15, 0.2) is 30.3 Å². The smallest absolute Gasteiger partial charge is 0.417 e. The molecule has 1 aliphatic rings. The maximum absolute atomic E-state index is 13.6. The summed E-state index contributed by atoms with van der Waals surface area (Å²) in [6.07, 6.45) is -3.57. The molecular formula is C23H25ClF3NO5. The number of piperidine rings is 1. The van der Waals surface area contributed by atoms with Crippen LogP contribution in [0.1, 0.15) is 35.6 Å². The fourth-order valence-corrected chi connectivity index (χ4v) is 4.45. The molecule has 0 aromatic heterocycles. The van der Waals surface area contributed by atoms with E-state index >= 15 is 0 Å². The zero-order valence-corrected chi connectivity index (χ0v) is 19.2. The van der Waals surface area contributed by atoms with E-state index in [9.17, 15) is 23.1 Å². The van der Waals surface area contributed by atoms with Gasteiger partial charge in [0.2, 0.25) is 0 Å². The van der Waals surface area contributed by atoms with Gasteiger partial charge < -0.3 is 19.3 Å². The van der Waals surface area contributed by atoms with E-state index in [-0.39, 0.29) is 6.54 Å². The van der Waals surface area contributed by atoms with Gasteiger partial charge in [0.25, 0.3) is 0 Å². The third-order valence-electron chi connectivity index (χ3n) is 5.81. The second kappa shape index (κ2) is 10.1. The molecule has 1 fully saturated rings. The number of likely N-dealkylation sites (tertiary alicyclic amines) is 1. The highest BCUT2D eigenvalue weighted by Crippen LogP contribution is 2.44. The van der Waals surface area contributed by atoms with E-state index in [2.05, 4.69) is 0 Å². The Balaban J connectivity index is 2.22. The molecule has 0 bridgehead atoms. The van der Waals surface area contributed by atoms with Crippen molar-refractivity contribution in [1.82, 2.24) is 4.90 Å². The second-order valence-electron chi connectivity index (χ2n) is 7.76. The highest BCUT2D eigenvalue weighted by atomic mass is 35.5. The summed E-state index contributed by atoms with van der Waals surface area (Å²) in [4.78, 5) is 13.5. The Bertz CT molecular complexity index is 1010. The number of carbonyl (C=O) groups is 1. The number of nitrogens with zero attached hydrogens (tertiary/aromatic N) is 1. The average Bonchev–Trinajstić information content (AvgIpc) is 2.79. The van der Waals surface area contributed by atoms with E-state index in [0.29, 0.717) is 47.8 Å². The number of alkyl halides is 3. The monoisotopic (exact) mass is 487 g/mol. The maximum atomic E-state index is 13.6. The molecule has 6 nitrogen and oxygen atoms in total. The van der Waals surface area contributed by atoms with Crippen molar-refractivity contribution in [2.24, 2.45) is 5.92 Å². The minimum absolute atomic E-state index is 0.168. The number of aliphatic carboxylic acids is 1. The van der Waals surface area contributed by atoms with Gasteiger partial charge >= 0.3 is 12.1 Å². The molecule has 33 heavy (non-hydrogen) atoms. The van der Waals surface area contributed by atoms with Gasteiger partial charge in [0.15, 0.2) is 11.5 Å². The van der Waals surface area contributed by atoms with Crippen LogP contribution < -0.4 is 14.2 Å². The number of halogens is 4. The Morgan fingerprint density at radius 2 is 1.73 bits per heavy atom. The number of hydrogen-bond acceptors (Lipinski definition) is 5. The summed E-state index contributed by atoms with van der Waals surface area (Å²) < 4.78 is 57.2. The Hall–Kier alpha value is -2.65. The quantitative estimate of drug-likeness (QED) is 0.574. The molecule has 2 aromatic carbocycles. The summed E-state index contributed by atoms with van der Waals surface area (Å²) >= 11 is 5.86. The predicted molar refractivity (Wildman–Crippen MR) is 116 cm³/mol. The summed E-state index contributed by atoms with van der Waals surface area (Å²) in [6.45, 7) is 0.664. The van der Waals surface area contributed by atoms with Crippen LogP contribution in [0.5, 0.6) is 17.2 Å². The number of carboxylic acid groups (broad SMARTS) is 1. The summed E-state index contributed by atoms with van der Waals surface area (Å²) in [5.41, 5.74) is -0.127. The van der Waals surface area contributed by atoms with Crippen molar-refractivity contribution in [2.45, 2.75) is 25.1 Å². The van der Waals surface area contributed by atoms with Crippen LogP contribution in [0, 0.1) is 5.92 Å². The lowest BCUT2D eigenvalue weighted by atomic mass is 9.90. The van der Waals surface area contributed by atoms with Gasteiger partial charge in [-0.05, 0) is 43.1 Å². The van der Waals surface area contributed by atoms with Crippen molar-refractivity contribution in [2.75, 3.05) is 34.4 Å². The van der Waals surface area contributed by atoms with Crippen molar-refractivity contribution in [1.29, 1.82) is 0 Å². The summed E-state index contributed by atoms with van der Waals surface area (Å²) in [7, 11) is 4.36. The van der Waals surface area contributed by atoms with Gasteiger partial charge in [0, 0.05) is 18.2 Å². The summed E-state index contributed by atoms with van der Waals surface area (Å²) in [5.74, 6) is -0.439. The van der Waals surface area contributed by atoms with Crippen LogP contribution in [0.2, 0.25) is 5.02 Å². The number of rotatable bonds is 7. The van der Waals surface area contributed by atoms with E-state index in [1.807, 2.05) is 4.90 Å². The molecule has 2 unspecified atom stereocenters. The van der Waals surface area contributed by atoms with Crippen LogP contribution in [0.25, 0.3) is 0 Å². The lowest BCUT2D eigenvalue weighted by Gasteiger charge is -2.38. The van der Waals surface area contributed by atoms with Crippen LogP contribution in [-0.2, 0) is 11.0 Å². The molecule has 1 saturated heterocycles. The number of methoxy groups -OCH3 is 3. The van der Waals surface area contributed by atoms with Crippen LogP contribution in [0.3, 0.4) is 0 Å². The molecule has 10 heteroatoms. The van der Waals surface area contributed by atoms with Crippen molar-refractivity contribution in [3.8, 4) is 17.2 Å². The Labute approximate surface area is 194 Å². The Kier molecular flexibility index (Phi) is 7.64. The van der Waals surface area contributed by atoms with E-state index in [1.165, 1.54) is 33.5 Å². The highest BCUT2D eigenvalue weighted by molar-refractivity contribution is 6.31. The number of carboxylic acids is 1. The number of hydrogen-bond donors (Lipinski definition) is 1. The summed E-state index contributed by atoms with van der Waals surface area (Å²) in [6, 6.07) is 6.24. The molecule has 3 rings (SSSR count). The molecule has 0 saturated carbocycles. The minimum atomic E-state index is -4.65. The largest absolute Gasteiger partial charge is 0.496 e. The van der Waals surface area contributed by atoms with E-state index in [0.717, 1.165) is 6.07 Å². The molecule has 2 atom stereocenters. The second-order valence-corrected chi connectivity index (χ2v) is 8.17. The first kappa shape index (κ1) is 25.0. The van der Waals surface area contributed by atoms with Gasteiger partial charge in [-0.3, -0.25) is 9.69 Å². The number of benzene rings is 2. The van der Waals surface area contributed by atoms with Crippen molar-refractivity contribution < 1.29 is 37.3 Å². The van der Waals surface area contributed by atoms with Gasteiger partial charge in [-0.2, -0.15) is 13.2 Å². The molecule has 0 amide bonds. The first-order valence-corrected chi connectivity index (χ1v) is 10.6. The standard InChI is InChI=1S/C23H25ClF3NO5/c1-31-18-11-20(33-3)19(32-2)10-15(18)21(28-8-4-5-14(12-28)22(29)30)13-6-7-17(24)16(9-13)23(25,26)27/h6-7,9-11,14,21H,4-5,8,12H2,1-3H3,(H,29,30). The minimum Gasteiger partial charge on any atom is -0.496 e. The van der Waals surface area contributed by atoms with Crippen molar-refractivity contribution in [3.05, 3.63) is 52.0 Å². The zero-order chi connectivity index (χ0) is 24.3. The van der Waals surface area contributed by atoms with Gasteiger partial charge in [0.1, 0.15) is 5.75 Å². The molecule has 1 N–H and O–H groups in total. The van der Waals surface area contributed by atoms with Crippen LogP contribution in [0.4, 0.5) is 13.2 Å². The molecular weight excluding hydrogens is 463 g/mol. The Morgan fingerprint density at radius 1 is 1.09 bits per heavy atom. The molecule has 1 aliphatic heterocycles. The van der Waals surface area contributed by atoms with Crippen molar-refractivity contribution in [3.63, 3.8) is 0 Å². The Morgan fingerprint density at radius 3 is 2.30 bits per heavy atom. The lowest BCUT2D eigenvalue weighted by Crippen LogP contribution is -2.41. The third kappa shape index (κ3) is 5.30. The van der Waals surface area contributed by atoms with E-state index in [1.54, 1.807) is 12.1 Å². The summed E-state index contributed by atoms with van der Waals surface area (Å²) in [5, 5.41) is 9.15. The molecule has 2 aromatic rings. The highest BCUT2D eigenvalue weighted by Gasteiger charge is 2.37. The SMILES string of the molecule is COc1cc(OC)c(C(c2ccc(Cl)c(C(F)(F)F)c2)N2CCCC(C(=O)O)C2)cc1OC. The van der Waals surface area contributed by atoms with Crippen LogP contribution >= 0.6 is 11.6 Å². The molecule has 1 heterocycles. The molecule has 0 aliphatic carbocycles. The first-order chi connectivity index (χ1) is 15.6. The maximum Gasteiger partial charge on any atom is 0.417 e. The van der Waals surface area contributed by atoms with Crippen molar-refractivity contribution >= 4 is 17.6 Å². The molecule has 0 spiro atoms. The molecule has 180 valence electrons. The first-order valence-electron chi connectivity index (χ1n) is 10.2. The lowest BCUT2D eigenvalue weighted by molar-refractivity contribution is -0.143. The van der Waals surface area contributed by atoms with Crippen LogP contribution in [-0.4, -0.2) is 50.4 Å². The zero-order valence-electron chi connectivity index (χ0n) is 18.4. The fraction of sp³-hybridized carbons (Fsp3) is 0.435.